The number of nitrogens with two attached hydrogens (primary N) is 1. The van der Waals surface area contributed by atoms with Gasteiger partial charge >= 0.3 is 6.18 Å². The first-order valence-corrected chi connectivity index (χ1v) is 7.78. The standard InChI is InChI=1S/C17H24F3N3.HI/c1-15(2,3)23-14(21)22-11-16(8-5-9-16)12-6-4-7-13(10-12)17(18,19)20;/h4,6-7,10H,5,8-9,11H2,1-3H3,(H3,21,22,23);1H. The van der Waals surface area contributed by atoms with Gasteiger partial charge in [0.25, 0.3) is 0 Å². The molecule has 136 valence electrons. The van der Waals surface area contributed by atoms with Gasteiger partial charge in [0.1, 0.15) is 0 Å². The van der Waals surface area contributed by atoms with Gasteiger partial charge in [-0.3, -0.25) is 4.99 Å². The minimum atomic E-state index is -4.32. The van der Waals surface area contributed by atoms with Crippen LogP contribution < -0.4 is 11.1 Å². The Kier molecular flexibility index (Phi) is 6.57. The van der Waals surface area contributed by atoms with E-state index in [2.05, 4.69) is 10.3 Å². The fraction of sp³-hybridized carbons (Fsp3) is 0.588. The van der Waals surface area contributed by atoms with Crippen LogP contribution in [-0.2, 0) is 11.6 Å². The molecule has 0 aromatic heterocycles. The minimum Gasteiger partial charge on any atom is -0.370 e. The van der Waals surface area contributed by atoms with E-state index in [9.17, 15) is 13.2 Å². The molecule has 0 heterocycles. The van der Waals surface area contributed by atoms with Gasteiger partial charge in [-0.15, -0.1) is 24.0 Å². The van der Waals surface area contributed by atoms with Crippen molar-refractivity contribution >= 4 is 29.9 Å². The number of rotatable bonds is 3. The largest absolute Gasteiger partial charge is 0.416 e. The van der Waals surface area contributed by atoms with Crippen molar-refractivity contribution in [2.75, 3.05) is 6.54 Å². The van der Waals surface area contributed by atoms with Crippen molar-refractivity contribution in [3.63, 3.8) is 0 Å². The monoisotopic (exact) mass is 455 g/mol. The summed E-state index contributed by atoms with van der Waals surface area (Å²) in [5, 5.41) is 3.07. The molecule has 2 rings (SSSR count). The Balaban J connectivity index is 0.00000288. The quantitative estimate of drug-likeness (QED) is 0.402. The van der Waals surface area contributed by atoms with Gasteiger partial charge in [-0.05, 0) is 45.2 Å². The summed E-state index contributed by atoms with van der Waals surface area (Å²) in [7, 11) is 0. The van der Waals surface area contributed by atoms with E-state index in [1.54, 1.807) is 6.07 Å². The van der Waals surface area contributed by atoms with Crippen LogP contribution in [0.2, 0.25) is 0 Å². The van der Waals surface area contributed by atoms with Gasteiger partial charge in [0, 0.05) is 11.0 Å². The van der Waals surface area contributed by atoms with Gasteiger partial charge in [0.05, 0.1) is 12.1 Å². The van der Waals surface area contributed by atoms with E-state index in [1.165, 1.54) is 12.1 Å². The second-order valence-electron chi connectivity index (χ2n) is 7.29. The number of halogens is 4. The molecule has 0 aliphatic heterocycles. The van der Waals surface area contributed by atoms with Gasteiger partial charge < -0.3 is 11.1 Å². The number of guanidine groups is 1. The molecule has 0 saturated heterocycles. The van der Waals surface area contributed by atoms with Crippen molar-refractivity contribution in [1.82, 2.24) is 5.32 Å². The highest BCUT2D eigenvalue weighted by Gasteiger charge is 2.40. The number of nitrogens with zero attached hydrogens (tertiary/aromatic N) is 1. The highest BCUT2D eigenvalue weighted by atomic mass is 127. The van der Waals surface area contributed by atoms with Crippen LogP contribution in [0.15, 0.2) is 29.3 Å². The van der Waals surface area contributed by atoms with Crippen LogP contribution in [0.25, 0.3) is 0 Å². The Hall–Kier alpha value is -0.990. The third-order valence-electron chi connectivity index (χ3n) is 4.17. The number of aliphatic imine (C=N–C) groups is 1. The third kappa shape index (κ3) is 5.26. The highest BCUT2D eigenvalue weighted by molar-refractivity contribution is 14.0. The lowest BCUT2D eigenvalue weighted by Crippen LogP contribution is -2.46. The molecule has 3 nitrogen and oxygen atoms in total. The summed E-state index contributed by atoms with van der Waals surface area (Å²) in [6.45, 7) is 6.33. The van der Waals surface area contributed by atoms with Gasteiger partial charge in [0.2, 0.25) is 0 Å². The van der Waals surface area contributed by atoms with Crippen molar-refractivity contribution in [2.45, 2.75) is 57.2 Å². The Labute approximate surface area is 158 Å². The van der Waals surface area contributed by atoms with Crippen molar-refractivity contribution < 1.29 is 13.2 Å². The Morgan fingerprint density at radius 2 is 1.88 bits per heavy atom. The average molecular weight is 455 g/mol. The molecule has 0 unspecified atom stereocenters. The number of hydrogen-bond acceptors (Lipinski definition) is 1. The summed E-state index contributed by atoms with van der Waals surface area (Å²) in [6, 6.07) is 5.59. The third-order valence-corrected chi connectivity index (χ3v) is 4.17. The summed E-state index contributed by atoms with van der Waals surface area (Å²) in [5.74, 6) is 0.329. The molecule has 1 aliphatic rings. The van der Waals surface area contributed by atoms with Crippen molar-refractivity contribution in [3.8, 4) is 0 Å². The zero-order valence-electron chi connectivity index (χ0n) is 14.2. The summed E-state index contributed by atoms with van der Waals surface area (Å²) in [6.07, 6.45) is -1.66. The van der Waals surface area contributed by atoms with E-state index in [0.29, 0.717) is 18.1 Å². The van der Waals surface area contributed by atoms with E-state index in [0.717, 1.165) is 25.3 Å². The number of hydrogen-bond donors (Lipinski definition) is 2. The molecule has 0 atom stereocenters. The molecule has 24 heavy (non-hydrogen) atoms. The molecular weight excluding hydrogens is 430 g/mol. The molecule has 1 aromatic rings. The first-order chi connectivity index (χ1) is 10.5. The Bertz CT molecular complexity index is 587. The molecule has 0 amide bonds. The molecule has 0 radical (unpaired) electrons. The first kappa shape index (κ1) is 21.1. The molecule has 1 saturated carbocycles. The maximum Gasteiger partial charge on any atom is 0.416 e. The zero-order chi connectivity index (χ0) is 17.3. The van der Waals surface area contributed by atoms with Crippen molar-refractivity contribution in [2.24, 2.45) is 10.7 Å². The lowest BCUT2D eigenvalue weighted by atomic mass is 9.64. The fourth-order valence-electron chi connectivity index (χ4n) is 2.83. The summed E-state index contributed by atoms with van der Waals surface area (Å²) >= 11 is 0. The SMILES string of the molecule is CC(C)(C)NC(N)=NCC1(c2cccc(C(F)(F)F)c2)CCC1.I. The molecular formula is C17H25F3IN3. The van der Waals surface area contributed by atoms with Crippen LogP contribution in [0.1, 0.15) is 51.2 Å². The smallest absolute Gasteiger partial charge is 0.370 e. The van der Waals surface area contributed by atoms with Crippen molar-refractivity contribution in [1.29, 1.82) is 0 Å². The van der Waals surface area contributed by atoms with Crippen LogP contribution in [0.4, 0.5) is 13.2 Å². The van der Waals surface area contributed by atoms with Crippen molar-refractivity contribution in [3.05, 3.63) is 35.4 Å². The summed E-state index contributed by atoms with van der Waals surface area (Å²) in [5.41, 5.74) is 5.45. The Morgan fingerprint density at radius 3 is 2.33 bits per heavy atom. The minimum absolute atomic E-state index is 0. The maximum atomic E-state index is 12.9. The van der Waals surface area contributed by atoms with E-state index in [1.807, 2.05) is 20.8 Å². The van der Waals surface area contributed by atoms with Crippen LogP contribution >= 0.6 is 24.0 Å². The topological polar surface area (TPSA) is 50.4 Å². The maximum absolute atomic E-state index is 12.9. The van der Waals surface area contributed by atoms with E-state index < -0.39 is 11.7 Å². The van der Waals surface area contributed by atoms with Crippen LogP contribution in [0, 0.1) is 0 Å². The molecule has 1 aliphatic carbocycles. The molecule has 0 spiro atoms. The summed E-state index contributed by atoms with van der Waals surface area (Å²) < 4.78 is 38.8. The molecule has 0 bridgehead atoms. The lowest BCUT2D eigenvalue weighted by Gasteiger charge is -2.41. The second kappa shape index (κ2) is 7.49. The normalized spacial score (nSPS) is 17.7. The van der Waals surface area contributed by atoms with Gasteiger partial charge in [0.15, 0.2) is 5.96 Å². The molecule has 1 fully saturated rings. The van der Waals surface area contributed by atoms with Gasteiger partial charge in [-0.1, -0.05) is 24.6 Å². The molecule has 3 N–H and O–H groups in total. The van der Waals surface area contributed by atoms with E-state index in [-0.39, 0.29) is 34.9 Å². The van der Waals surface area contributed by atoms with Crippen LogP contribution in [-0.4, -0.2) is 18.0 Å². The average Bonchev–Trinajstić information content (AvgIpc) is 2.34. The predicted octanol–water partition coefficient (Wildman–Crippen LogP) is 4.45. The lowest BCUT2D eigenvalue weighted by molar-refractivity contribution is -0.137. The van der Waals surface area contributed by atoms with Crippen LogP contribution in [0.3, 0.4) is 0 Å². The summed E-state index contributed by atoms with van der Waals surface area (Å²) in [4.78, 5) is 4.37. The van der Waals surface area contributed by atoms with Gasteiger partial charge in [-0.25, -0.2) is 0 Å². The molecule has 7 heteroatoms. The Morgan fingerprint density at radius 1 is 1.25 bits per heavy atom. The second-order valence-corrected chi connectivity index (χ2v) is 7.29. The number of nitrogens with one attached hydrogen (secondary N) is 1. The zero-order valence-corrected chi connectivity index (χ0v) is 16.5. The number of benzene rings is 1. The predicted molar refractivity (Wildman–Crippen MR) is 102 cm³/mol. The van der Waals surface area contributed by atoms with E-state index >= 15 is 0 Å². The highest BCUT2D eigenvalue weighted by Crippen LogP contribution is 2.45. The van der Waals surface area contributed by atoms with Gasteiger partial charge in [-0.2, -0.15) is 13.2 Å². The first-order valence-electron chi connectivity index (χ1n) is 7.78. The van der Waals surface area contributed by atoms with Crippen LogP contribution in [0.5, 0.6) is 0 Å². The van der Waals surface area contributed by atoms with E-state index in [4.69, 9.17) is 5.73 Å². The fourth-order valence-corrected chi connectivity index (χ4v) is 2.83. The molecule has 1 aromatic carbocycles. The number of alkyl halides is 3.